The summed E-state index contributed by atoms with van der Waals surface area (Å²) in [6, 6.07) is 6.54. The Morgan fingerprint density at radius 2 is 1.91 bits per heavy atom. The number of hydrogen-bond donors (Lipinski definition) is 3. The van der Waals surface area contributed by atoms with Crippen LogP contribution in [-0.2, 0) is 0 Å². The largest absolute Gasteiger partial charge is 0.508 e. The third-order valence-corrected chi connectivity index (χ3v) is 1.79. The monoisotopic (exact) mass is 168 g/mol. The molecule has 0 saturated heterocycles. The SMILES string of the molecule is N=C(N)Sc1ccc(O)cc1. The highest BCUT2D eigenvalue weighted by molar-refractivity contribution is 8.13. The van der Waals surface area contributed by atoms with E-state index in [9.17, 15) is 0 Å². The smallest absolute Gasteiger partial charge is 0.155 e. The first-order valence-corrected chi connectivity index (χ1v) is 3.81. The number of thioether (sulfide) groups is 1. The van der Waals surface area contributed by atoms with E-state index >= 15 is 0 Å². The van der Waals surface area contributed by atoms with E-state index < -0.39 is 0 Å². The van der Waals surface area contributed by atoms with Crippen LogP contribution < -0.4 is 5.73 Å². The van der Waals surface area contributed by atoms with Crippen molar-refractivity contribution in [1.82, 2.24) is 0 Å². The summed E-state index contributed by atoms with van der Waals surface area (Å²) in [4.78, 5) is 0.857. The molecule has 0 amide bonds. The van der Waals surface area contributed by atoms with Crippen LogP contribution in [0.3, 0.4) is 0 Å². The molecule has 1 rings (SSSR count). The maximum Gasteiger partial charge on any atom is 0.155 e. The summed E-state index contributed by atoms with van der Waals surface area (Å²) in [5.41, 5.74) is 5.15. The van der Waals surface area contributed by atoms with Crippen molar-refractivity contribution in [3.63, 3.8) is 0 Å². The predicted molar refractivity (Wildman–Crippen MR) is 45.9 cm³/mol. The highest BCUT2D eigenvalue weighted by atomic mass is 32.2. The van der Waals surface area contributed by atoms with Crippen LogP contribution in [0.5, 0.6) is 5.75 Å². The van der Waals surface area contributed by atoms with E-state index in [0.29, 0.717) is 0 Å². The number of rotatable bonds is 1. The normalized spacial score (nSPS) is 9.45. The molecule has 0 atom stereocenters. The van der Waals surface area contributed by atoms with Gasteiger partial charge in [0.2, 0.25) is 0 Å². The molecule has 0 spiro atoms. The third kappa shape index (κ3) is 2.51. The summed E-state index contributed by atoms with van der Waals surface area (Å²) in [5.74, 6) is 0.220. The Kier molecular flexibility index (Phi) is 2.38. The summed E-state index contributed by atoms with van der Waals surface area (Å²) >= 11 is 1.16. The summed E-state index contributed by atoms with van der Waals surface area (Å²) < 4.78 is 0. The molecular formula is C7H8N2OS. The fraction of sp³-hybridized carbons (Fsp3) is 0. The van der Waals surface area contributed by atoms with Gasteiger partial charge in [-0.2, -0.15) is 0 Å². The van der Waals surface area contributed by atoms with Gasteiger partial charge in [-0.05, 0) is 24.3 Å². The van der Waals surface area contributed by atoms with Crippen LogP contribution in [0.15, 0.2) is 29.2 Å². The molecule has 0 fully saturated rings. The van der Waals surface area contributed by atoms with Crippen LogP contribution in [0, 0.1) is 5.41 Å². The van der Waals surface area contributed by atoms with Crippen molar-refractivity contribution >= 4 is 16.9 Å². The lowest BCUT2D eigenvalue weighted by atomic mass is 10.3. The zero-order valence-corrected chi connectivity index (χ0v) is 6.56. The van der Waals surface area contributed by atoms with E-state index in [2.05, 4.69) is 0 Å². The maximum absolute atomic E-state index is 8.90. The first kappa shape index (κ1) is 7.94. The molecular weight excluding hydrogens is 160 g/mol. The molecule has 58 valence electrons. The van der Waals surface area contributed by atoms with Gasteiger partial charge >= 0.3 is 0 Å². The van der Waals surface area contributed by atoms with Gasteiger partial charge in [-0.25, -0.2) is 0 Å². The lowest BCUT2D eigenvalue weighted by molar-refractivity contribution is 0.475. The number of amidine groups is 1. The number of nitrogens with two attached hydrogens (primary N) is 1. The minimum Gasteiger partial charge on any atom is -0.508 e. The van der Waals surface area contributed by atoms with Gasteiger partial charge in [-0.3, -0.25) is 5.41 Å². The third-order valence-electron chi connectivity index (χ3n) is 1.06. The molecule has 0 heterocycles. The van der Waals surface area contributed by atoms with Gasteiger partial charge in [-0.15, -0.1) is 0 Å². The fourth-order valence-electron chi connectivity index (χ4n) is 0.641. The van der Waals surface area contributed by atoms with Crippen LogP contribution in [0.4, 0.5) is 0 Å². The molecule has 3 nitrogen and oxygen atoms in total. The second-order valence-electron chi connectivity index (χ2n) is 1.96. The molecule has 4 heteroatoms. The summed E-state index contributed by atoms with van der Waals surface area (Å²) in [6.07, 6.45) is 0. The van der Waals surface area contributed by atoms with Gasteiger partial charge in [0.15, 0.2) is 5.17 Å². The van der Waals surface area contributed by atoms with Crippen LogP contribution in [0.25, 0.3) is 0 Å². The van der Waals surface area contributed by atoms with E-state index in [1.165, 1.54) is 0 Å². The second-order valence-corrected chi connectivity index (χ2v) is 3.08. The quantitative estimate of drug-likeness (QED) is 0.337. The Morgan fingerprint density at radius 3 is 2.36 bits per heavy atom. The zero-order chi connectivity index (χ0) is 8.27. The van der Waals surface area contributed by atoms with E-state index in [0.717, 1.165) is 16.7 Å². The molecule has 0 saturated carbocycles. The molecule has 0 bridgehead atoms. The van der Waals surface area contributed by atoms with Crippen LogP contribution in [0.1, 0.15) is 0 Å². The van der Waals surface area contributed by atoms with Crippen molar-refractivity contribution in [3.8, 4) is 5.75 Å². The van der Waals surface area contributed by atoms with Gasteiger partial charge in [0.05, 0.1) is 0 Å². The second kappa shape index (κ2) is 3.30. The zero-order valence-electron chi connectivity index (χ0n) is 5.74. The lowest BCUT2D eigenvalue weighted by Gasteiger charge is -1.97. The fourth-order valence-corrected chi connectivity index (χ4v) is 1.17. The maximum atomic E-state index is 8.90. The molecule has 0 aliphatic rings. The van der Waals surface area contributed by atoms with Crippen molar-refractivity contribution < 1.29 is 5.11 Å². The Bertz CT molecular complexity index is 258. The van der Waals surface area contributed by atoms with Crippen LogP contribution in [-0.4, -0.2) is 10.3 Å². The van der Waals surface area contributed by atoms with Crippen molar-refractivity contribution in [3.05, 3.63) is 24.3 Å². The number of benzene rings is 1. The van der Waals surface area contributed by atoms with Gasteiger partial charge < -0.3 is 10.8 Å². The highest BCUT2D eigenvalue weighted by Gasteiger charge is 1.94. The van der Waals surface area contributed by atoms with E-state index in [1.54, 1.807) is 24.3 Å². The van der Waals surface area contributed by atoms with Gasteiger partial charge in [0.1, 0.15) is 5.75 Å². The van der Waals surface area contributed by atoms with Crippen molar-refractivity contribution in [2.75, 3.05) is 0 Å². The van der Waals surface area contributed by atoms with Crippen LogP contribution >= 0.6 is 11.8 Å². The molecule has 4 N–H and O–H groups in total. The van der Waals surface area contributed by atoms with Gasteiger partial charge in [0.25, 0.3) is 0 Å². The number of hydrogen-bond acceptors (Lipinski definition) is 3. The first-order valence-electron chi connectivity index (χ1n) is 2.99. The molecule has 11 heavy (non-hydrogen) atoms. The molecule has 0 aromatic heterocycles. The topological polar surface area (TPSA) is 70.1 Å². The minimum absolute atomic E-state index is 0.0516. The van der Waals surface area contributed by atoms with Gasteiger partial charge in [-0.1, -0.05) is 11.8 Å². The molecule has 1 aromatic rings. The average Bonchev–Trinajstić information content (AvgIpc) is 1.93. The molecule has 0 aliphatic heterocycles. The Morgan fingerprint density at radius 1 is 1.36 bits per heavy atom. The van der Waals surface area contributed by atoms with Crippen LogP contribution in [0.2, 0.25) is 0 Å². The van der Waals surface area contributed by atoms with E-state index in [1.807, 2.05) is 0 Å². The molecule has 0 aliphatic carbocycles. The predicted octanol–water partition coefficient (Wildman–Crippen LogP) is 1.38. The Hall–Kier alpha value is -1.16. The van der Waals surface area contributed by atoms with Crippen molar-refractivity contribution in [2.45, 2.75) is 4.90 Å². The van der Waals surface area contributed by atoms with Gasteiger partial charge in [0, 0.05) is 4.90 Å². The summed E-state index contributed by atoms with van der Waals surface area (Å²) in [5, 5.41) is 15.9. The molecule has 1 aromatic carbocycles. The first-order chi connectivity index (χ1) is 5.18. The van der Waals surface area contributed by atoms with E-state index in [4.69, 9.17) is 16.2 Å². The number of phenols is 1. The standard InChI is InChI=1S/C7H8N2OS/c8-7(9)11-6-3-1-5(10)2-4-6/h1-4,10H,(H3,8,9). The summed E-state index contributed by atoms with van der Waals surface area (Å²) in [7, 11) is 0. The minimum atomic E-state index is 0.0516. The number of nitrogens with one attached hydrogen (secondary N) is 1. The van der Waals surface area contributed by atoms with Crippen molar-refractivity contribution in [1.29, 1.82) is 5.41 Å². The lowest BCUT2D eigenvalue weighted by Crippen LogP contribution is -2.02. The van der Waals surface area contributed by atoms with Crippen molar-refractivity contribution in [2.24, 2.45) is 5.73 Å². The Balaban J connectivity index is 2.74. The Labute approximate surface area is 68.7 Å². The highest BCUT2D eigenvalue weighted by Crippen LogP contribution is 2.19. The number of phenolic OH excluding ortho intramolecular Hbond substituents is 1. The average molecular weight is 168 g/mol. The number of aromatic hydroxyl groups is 1. The molecule has 0 unspecified atom stereocenters. The van der Waals surface area contributed by atoms with E-state index in [-0.39, 0.29) is 10.9 Å². The molecule has 0 radical (unpaired) electrons. The summed E-state index contributed by atoms with van der Waals surface area (Å²) in [6.45, 7) is 0.